The fraction of sp³-hybridized carbons (Fsp3) is 0.273. The Morgan fingerprint density at radius 2 is 1.61 bits per heavy atom. The van der Waals surface area contributed by atoms with Crippen LogP contribution in [0.3, 0.4) is 0 Å². The van der Waals surface area contributed by atoms with Crippen LogP contribution in [0.25, 0.3) is 0 Å². The summed E-state index contributed by atoms with van der Waals surface area (Å²) in [6, 6.07) is 5.16. The molecule has 18 heavy (non-hydrogen) atoms. The van der Waals surface area contributed by atoms with Crippen molar-refractivity contribution in [2.45, 2.75) is 6.18 Å². The lowest BCUT2D eigenvalue weighted by atomic mass is 10.2. The molecule has 7 heteroatoms. The number of hydrogen-bond acceptors (Lipinski definition) is 2. The van der Waals surface area contributed by atoms with Crippen LogP contribution in [0.5, 0.6) is 0 Å². The lowest BCUT2D eigenvalue weighted by Crippen LogP contribution is -2.29. The minimum Gasteiger partial charge on any atom is -0.345 e. The highest BCUT2D eigenvalue weighted by Gasteiger charge is 2.38. The van der Waals surface area contributed by atoms with Gasteiger partial charge in [0.1, 0.15) is 0 Å². The van der Waals surface area contributed by atoms with Crippen molar-refractivity contribution in [1.82, 2.24) is 4.90 Å². The molecule has 0 saturated heterocycles. The summed E-state index contributed by atoms with van der Waals surface area (Å²) in [6.45, 7) is 0. The van der Waals surface area contributed by atoms with Crippen molar-refractivity contribution in [2.24, 2.45) is 0 Å². The van der Waals surface area contributed by atoms with Crippen LogP contribution < -0.4 is 5.32 Å². The van der Waals surface area contributed by atoms with Gasteiger partial charge < -0.3 is 10.2 Å². The van der Waals surface area contributed by atoms with E-state index in [1.165, 1.54) is 29.2 Å². The Morgan fingerprint density at radius 1 is 1.11 bits per heavy atom. The highest BCUT2D eigenvalue weighted by molar-refractivity contribution is 5.97. The van der Waals surface area contributed by atoms with Gasteiger partial charge in [0, 0.05) is 25.3 Å². The smallest absolute Gasteiger partial charge is 0.345 e. The van der Waals surface area contributed by atoms with Crippen molar-refractivity contribution < 1.29 is 22.8 Å². The predicted octanol–water partition coefficient (Wildman–Crippen LogP) is 1.89. The molecule has 1 rings (SSSR count). The van der Waals surface area contributed by atoms with E-state index in [0.29, 0.717) is 5.56 Å². The number of hydrogen-bond donors (Lipinski definition) is 1. The summed E-state index contributed by atoms with van der Waals surface area (Å²) in [7, 11) is 3.11. The molecule has 0 spiro atoms. The van der Waals surface area contributed by atoms with Crippen LogP contribution in [0.15, 0.2) is 24.3 Å². The maximum atomic E-state index is 12.0. The summed E-state index contributed by atoms with van der Waals surface area (Å²) in [6.07, 6.45) is -4.93. The number of anilines is 1. The normalized spacial score (nSPS) is 10.9. The molecule has 0 aliphatic rings. The molecule has 0 bridgehead atoms. The van der Waals surface area contributed by atoms with Crippen LogP contribution >= 0.6 is 0 Å². The van der Waals surface area contributed by atoms with E-state index in [1.54, 1.807) is 19.4 Å². The second kappa shape index (κ2) is 5.07. The molecule has 4 nitrogen and oxygen atoms in total. The molecule has 1 aromatic rings. The van der Waals surface area contributed by atoms with E-state index in [4.69, 9.17) is 0 Å². The molecule has 0 radical (unpaired) electrons. The van der Waals surface area contributed by atoms with Crippen molar-refractivity contribution in [1.29, 1.82) is 0 Å². The van der Waals surface area contributed by atoms with Crippen LogP contribution in [0.4, 0.5) is 18.9 Å². The summed E-state index contributed by atoms with van der Waals surface area (Å²) in [5, 5.41) is 1.69. The maximum Gasteiger partial charge on any atom is 0.471 e. The van der Waals surface area contributed by atoms with Gasteiger partial charge in [0.05, 0.1) is 0 Å². The van der Waals surface area contributed by atoms with Crippen molar-refractivity contribution in [3.8, 4) is 0 Å². The monoisotopic (exact) mass is 260 g/mol. The van der Waals surface area contributed by atoms with E-state index < -0.39 is 12.1 Å². The van der Waals surface area contributed by atoms with Gasteiger partial charge in [-0.2, -0.15) is 13.2 Å². The average molecular weight is 260 g/mol. The fourth-order valence-corrected chi connectivity index (χ4v) is 1.16. The third kappa shape index (κ3) is 3.47. The van der Waals surface area contributed by atoms with Crippen LogP contribution in [0.1, 0.15) is 10.4 Å². The molecule has 1 N–H and O–H groups in total. The third-order valence-electron chi connectivity index (χ3n) is 2.05. The van der Waals surface area contributed by atoms with Crippen molar-refractivity contribution in [3.05, 3.63) is 29.8 Å². The number of halogens is 3. The van der Waals surface area contributed by atoms with Crippen LogP contribution in [-0.4, -0.2) is 37.0 Å². The number of benzene rings is 1. The Bertz CT molecular complexity index is 452. The minimum atomic E-state index is -4.93. The number of alkyl halides is 3. The zero-order chi connectivity index (χ0) is 13.9. The maximum absolute atomic E-state index is 12.0. The van der Waals surface area contributed by atoms with Gasteiger partial charge in [0.15, 0.2) is 0 Å². The summed E-state index contributed by atoms with van der Waals surface area (Å²) >= 11 is 0. The molecule has 2 amide bonds. The molecule has 0 saturated carbocycles. The van der Waals surface area contributed by atoms with Crippen LogP contribution in [-0.2, 0) is 4.79 Å². The Labute approximate surface area is 101 Å². The Morgan fingerprint density at radius 3 is 2.00 bits per heavy atom. The molecule has 0 aromatic heterocycles. The summed E-state index contributed by atoms with van der Waals surface area (Å²) in [4.78, 5) is 23.5. The number of carbonyl (C=O) groups excluding carboxylic acids is 2. The number of rotatable bonds is 2. The number of amides is 2. The SMILES string of the molecule is CN(C)C(=O)c1ccc(NC(=O)C(F)(F)F)cc1. The van der Waals surface area contributed by atoms with Crippen LogP contribution in [0, 0.1) is 0 Å². The molecule has 0 fully saturated rings. The molecule has 0 aliphatic carbocycles. The highest BCUT2D eigenvalue weighted by atomic mass is 19.4. The molecule has 98 valence electrons. The standard InChI is InChI=1S/C11H11F3N2O2/c1-16(2)9(17)7-3-5-8(6-4-7)15-10(18)11(12,13)14/h3-6H,1-2H3,(H,15,18). The first-order valence-corrected chi connectivity index (χ1v) is 4.91. The first-order valence-electron chi connectivity index (χ1n) is 4.91. The Hall–Kier alpha value is -2.05. The van der Waals surface area contributed by atoms with Gasteiger partial charge in [0.25, 0.3) is 5.91 Å². The van der Waals surface area contributed by atoms with Gasteiger partial charge in [-0.15, -0.1) is 0 Å². The Balaban J connectivity index is 2.78. The zero-order valence-electron chi connectivity index (χ0n) is 9.71. The van der Waals surface area contributed by atoms with E-state index in [-0.39, 0.29) is 11.6 Å². The van der Waals surface area contributed by atoms with E-state index in [1.807, 2.05) is 0 Å². The average Bonchev–Trinajstić information content (AvgIpc) is 2.27. The van der Waals surface area contributed by atoms with E-state index >= 15 is 0 Å². The van der Waals surface area contributed by atoms with Gasteiger partial charge in [-0.1, -0.05) is 0 Å². The largest absolute Gasteiger partial charge is 0.471 e. The van der Waals surface area contributed by atoms with Crippen LogP contribution in [0.2, 0.25) is 0 Å². The summed E-state index contributed by atoms with van der Waals surface area (Å²) in [5.41, 5.74) is 0.303. The van der Waals surface area contributed by atoms with Crippen molar-refractivity contribution in [3.63, 3.8) is 0 Å². The molecule has 0 unspecified atom stereocenters. The second-order valence-electron chi connectivity index (χ2n) is 3.73. The topological polar surface area (TPSA) is 49.4 Å². The van der Waals surface area contributed by atoms with Gasteiger partial charge >= 0.3 is 12.1 Å². The summed E-state index contributed by atoms with van der Waals surface area (Å²) in [5.74, 6) is -2.32. The minimum absolute atomic E-state index is 0.0207. The second-order valence-corrected chi connectivity index (χ2v) is 3.73. The fourth-order valence-electron chi connectivity index (χ4n) is 1.16. The Kier molecular flexibility index (Phi) is 3.95. The zero-order valence-corrected chi connectivity index (χ0v) is 9.71. The van der Waals surface area contributed by atoms with Gasteiger partial charge in [0.2, 0.25) is 0 Å². The molecule has 0 heterocycles. The predicted molar refractivity (Wildman–Crippen MR) is 59.1 cm³/mol. The number of carbonyl (C=O) groups is 2. The van der Waals surface area contributed by atoms with Gasteiger partial charge in [-0.3, -0.25) is 9.59 Å². The summed E-state index contributed by atoms with van der Waals surface area (Å²) < 4.78 is 35.9. The number of nitrogens with one attached hydrogen (secondary N) is 1. The molecular weight excluding hydrogens is 249 g/mol. The molecular formula is C11H11F3N2O2. The first-order chi connectivity index (χ1) is 8.21. The lowest BCUT2D eigenvalue weighted by molar-refractivity contribution is -0.167. The molecule has 0 aliphatic heterocycles. The van der Waals surface area contributed by atoms with Gasteiger partial charge in [-0.25, -0.2) is 0 Å². The van der Waals surface area contributed by atoms with E-state index in [0.717, 1.165) is 0 Å². The third-order valence-corrected chi connectivity index (χ3v) is 2.05. The van der Waals surface area contributed by atoms with Crippen molar-refractivity contribution >= 4 is 17.5 Å². The highest BCUT2D eigenvalue weighted by Crippen LogP contribution is 2.18. The van der Waals surface area contributed by atoms with E-state index in [2.05, 4.69) is 0 Å². The lowest BCUT2D eigenvalue weighted by Gasteiger charge is -2.11. The molecule has 1 aromatic carbocycles. The number of nitrogens with zero attached hydrogens (tertiary/aromatic N) is 1. The van der Waals surface area contributed by atoms with Crippen molar-refractivity contribution in [2.75, 3.05) is 19.4 Å². The van der Waals surface area contributed by atoms with E-state index in [9.17, 15) is 22.8 Å². The first kappa shape index (κ1) is 14.0. The quantitative estimate of drug-likeness (QED) is 0.882. The van der Waals surface area contributed by atoms with Gasteiger partial charge in [-0.05, 0) is 24.3 Å². The molecule has 0 atom stereocenters.